The van der Waals surface area contributed by atoms with Gasteiger partial charge < -0.3 is 4.55 Å². The Morgan fingerprint density at radius 1 is 1.18 bits per heavy atom. The minimum atomic E-state index is -4.05. The van der Waals surface area contributed by atoms with Gasteiger partial charge in [-0.15, -0.1) is 0 Å². The average Bonchev–Trinajstić information content (AvgIpc) is 1.85. The van der Waals surface area contributed by atoms with Gasteiger partial charge in [-0.1, -0.05) is 6.42 Å². The second-order valence-electron chi connectivity index (χ2n) is 2.87. The molecule has 0 N–H and O–H groups in total. The van der Waals surface area contributed by atoms with Crippen LogP contribution in [0.25, 0.3) is 0 Å². The first-order valence-corrected chi connectivity index (χ1v) is 5.31. The molecule has 0 aromatic carbocycles. The molecule has 0 amide bonds. The lowest BCUT2D eigenvalue weighted by Gasteiger charge is -2.26. The van der Waals surface area contributed by atoms with Gasteiger partial charge in [0.15, 0.2) is 0 Å². The van der Waals surface area contributed by atoms with E-state index in [1.165, 1.54) is 0 Å². The van der Waals surface area contributed by atoms with Crippen molar-refractivity contribution in [3.05, 3.63) is 0 Å². The Balaban J connectivity index is 2.36. The van der Waals surface area contributed by atoms with E-state index < -0.39 is 10.1 Å². The molecule has 0 aliphatic carbocycles. The maximum Gasteiger partial charge on any atom is 0.108 e. The van der Waals surface area contributed by atoms with Crippen LogP contribution in [0, 0.1) is 0 Å². The van der Waals surface area contributed by atoms with Crippen LogP contribution in [0.1, 0.15) is 19.3 Å². The molecule has 1 heterocycles. The van der Waals surface area contributed by atoms with Gasteiger partial charge in [0.25, 0.3) is 0 Å². The maximum atomic E-state index is 10.3. The highest BCUT2D eigenvalue weighted by Gasteiger charge is 2.11. The van der Waals surface area contributed by atoms with Gasteiger partial charge in [0.05, 0.1) is 5.88 Å². The third kappa shape index (κ3) is 3.69. The third-order valence-corrected chi connectivity index (χ3v) is 2.47. The largest absolute Gasteiger partial charge is 0.747 e. The van der Waals surface area contributed by atoms with Crippen LogP contribution in [0.15, 0.2) is 0 Å². The minimum Gasteiger partial charge on any atom is -0.747 e. The molecule has 0 spiro atoms. The SMILES string of the molecule is O=S(=O)([O-])CN1CCCCC1. The normalized spacial score (nSPS) is 21.9. The number of likely N-dealkylation sites (tertiary alicyclic amines) is 1. The lowest BCUT2D eigenvalue weighted by molar-refractivity contribution is 0.253. The molecule has 1 rings (SSSR count). The summed E-state index contributed by atoms with van der Waals surface area (Å²) in [5, 5.41) is 0. The maximum absolute atomic E-state index is 10.3. The molecule has 1 fully saturated rings. The molecule has 0 atom stereocenters. The summed E-state index contributed by atoms with van der Waals surface area (Å²) in [6, 6.07) is 0. The molecule has 4 nitrogen and oxygen atoms in total. The van der Waals surface area contributed by atoms with Crippen molar-refractivity contribution in [2.75, 3.05) is 19.0 Å². The number of rotatable bonds is 2. The molecule has 66 valence electrons. The Kier molecular flexibility index (Phi) is 2.86. The van der Waals surface area contributed by atoms with E-state index in [0.29, 0.717) is 0 Å². The molecule has 0 aromatic rings. The average molecular weight is 178 g/mol. The summed E-state index contributed by atoms with van der Waals surface area (Å²) in [6.07, 6.45) is 3.17. The van der Waals surface area contributed by atoms with E-state index in [1.807, 2.05) is 0 Å². The molecule has 0 radical (unpaired) electrons. The summed E-state index contributed by atoms with van der Waals surface area (Å²) in [7, 11) is -4.05. The minimum absolute atomic E-state index is 0.312. The molecular weight excluding hydrogens is 166 g/mol. The van der Waals surface area contributed by atoms with Crippen molar-refractivity contribution < 1.29 is 13.0 Å². The van der Waals surface area contributed by atoms with Gasteiger partial charge in [0.2, 0.25) is 0 Å². The van der Waals surface area contributed by atoms with Gasteiger partial charge in [0, 0.05) is 0 Å². The van der Waals surface area contributed by atoms with Crippen molar-refractivity contribution in [2.45, 2.75) is 19.3 Å². The zero-order chi connectivity index (χ0) is 8.32. The van der Waals surface area contributed by atoms with E-state index in [0.717, 1.165) is 32.4 Å². The molecule has 1 saturated heterocycles. The first-order chi connectivity index (χ1) is 5.08. The quantitative estimate of drug-likeness (QED) is 0.557. The fourth-order valence-corrected chi connectivity index (χ4v) is 2.02. The van der Waals surface area contributed by atoms with Crippen LogP contribution < -0.4 is 0 Å². The zero-order valence-electron chi connectivity index (χ0n) is 6.32. The lowest BCUT2D eigenvalue weighted by Crippen LogP contribution is -2.34. The molecule has 0 aromatic heterocycles. The van der Waals surface area contributed by atoms with Crippen LogP contribution in [0.2, 0.25) is 0 Å². The second kappa shape index (κ2) is 3.51. The van der Waals surface area contributed by atoms with Crippen molar-refractivity contribution >= 4 is 10.1 Å². The molecule has 0 unspecified atom stereocenters. The third-order valence-electron chi connectivity index (χ3n) is 1.79. The summed E-state index contributed by atoms with van der Waals surface area (Å²) in [6.45, 7) is 1.50. The van der Waals surface area contributed by atoms with Crippen LogP contribution in [0.4, 0.5) is 0 Å². The summed E-state index contributed by atoms with van der Waals surface area (Å²) < 4.78 is 30.9. The lowest BCUT2D eigenvalue weighted by atomic mass is 10.1. The first-order valence-electron chi connectivity index (χ1n) is 3.74. The van der Waals surface area contributed by atoms with Gasteiger partial charge in [-0.3, -0.25) is 4.90 Å². The van der Waals surface area contributed by atoms with Crippen LogP contribution >= 0.6 is 0 Å². The highest BCUT2D eigenvalue weighted by Crippen LogP contribution is 2.08. The number of nitrogens with zero attached hydrogens (tertiary/aromatic N) is 1. The second-order valence-corrected chi connectivity index (χ2v) is 4.24. The van der Waals surface area contributed by atoms with E-state index in [4.69, 9.17) is 0 Å². The van der Waals surface area contributed by atoms with E-state index >= 15 is 0 Å². The standard InChI is InChI=1S/C6H13NO3S/c8-11(9,10)6-7-4-2-1-3-5-7/h1-6H2,(H,8,9,10)/p-1. The summed E-state index contributed by atoms with van der Waals surface area (Å²) in [5.41, 5.74) is 0. The van der Waals surface area contributed by atoms with Gasteiger partial charge in [-0.05, 0) is 25.9 Å². The van der Waals surface area contributed by atoms with Gasteiger partial charge in [-0.25, -0.2) is 8.42 Å². The number of piperidine rings is 1. The Bertz CT molecular complexity index is 206. The van der Waals surface area contributed by atoms with Crippen molar-refractivity contribution in [1.82, 2.24) is 4.90 Å². The van der Waals surface area contributed by atoms with Gasteiger partial charge >= 0.3 is 0 Å². The highest BCUT2D eigenvalue weighted by atomic mass is 32.2. The van der Waals surface area contributed by atoms with Crippen molar-refractivity contribution in [2.24, 2.45) is 0 Å². The topological polar surface area (TPSA) is 60.4 Å². The van der Waals surface area contributed by atoms with Crippen molar-refractivity contribution in [3.8, 4) is 0 Å². The van der Waals surface area contributed by atoms with Crippen LogP contribution in [-0.2, 0) is 10.1 Å². The van der Waals surface area contributed by atoms with E-state index in [1.54, 1.807) is 4.90 Å². The van der Waals surface area contributed by atoms with Crippen LogP contribution in [-0.4, -0.2) is 36.8 Å². The van der Waals surface area contributed by atoms with E-state index in [9.17, 15) is 13.0 Å². The Labute approximate surface area is 66.9 Å². The molecule has 0 saturated carbocycles. The van der Waals surface area contributed by atoms with Crippen molar-refractivity contribution in [1.29, 1.82) is 0 Å². The molecule has 5 heteroatoms. The monoisotopic (exact) mass is 178 g/mol. The van der Waals surface area contributed by atoms with E-state index in [2.05, 4.69) is 0 Å². The van der Waals surface area contributed by atoms with E-state index in [-0.39, 0.29) is 5.88 Å². The Morgan fingerprint density at radius 2 is 1.73 bits per heavy atom. The predicted molar refractivity (Wildman–Crippen MR) is 40.0 cm³/mol. The molecular formula is C6H12NO3S-. The van der Waals surface area contributed by atoms with Crippen LogP contribution in [0.3, 0.4) is 0 Å². The van der Waals surface area contributed by atoms with Gasteiger partial charge in [-0.2, -0.15) is 0 Å². The number of hydrogen-bond acceptors (Lipinski definition) is 4. The zero-order valence-corrected chi connectivity index (χ0v) is 7.14. The molecule has 0 bridgehead atoms. The molecule has 11 heavy (non-hydrogen) atoms. The Hall–Kier alpha value is -0.130. The van der Waals surface area contributed by atoms with Crippen molar-refractivity contribution in [3.63, 3.8) is 0 Å². The fraction of sp³-hybridized carbons (Fsp3) is 1.00. The van der Waals surface area contributed by atoms with Crippen LogP contribution in [0.5, 0.6) is 0 Å². The number of hydrogen-bond donors (Lipinski definition) is 0. The smallest absolute Gasteiger partial charge is 0.108 e. The summed E-state index contributed by atoms with van der Waals surface area (Å²) in [4.78, 5) is 1.70. The fourth-order valence-electron chi connectivity index (χ4n) is 1.31. The highest BCUT2D eigenvalue weighted by molar-refractivity contribution is 7.85. The molecule has 1 aliphatic rings. The summed E-state index contributed by atoms with van der Waals surface area (Å²) >= 11 is 0. The Morgan fingerprint density at radius 3 is 2.18 bits per heavy atom. The van der Waals surface area contributed by atoms with Gasteiger partial charge in [0.1, 0.15) is 10.1 Å². The predicted octanol–water partition coefficient (Wildman–Crippen LogP) is -0.0250. The molecule has 1 aliphatic heterocycles. The summed E-state index contributed by atoms with van der Waals surface area (Å²) in [5.74, 6) is -0.312. The first kappa shape index (κ1) is 8.96.